The lowest BCUT2D eigenvalue weighted by molar-refractivity contribution is 0.0702. The van der Waals surface area contributed by atoms with Crippen molar-refractivity contribution in [3.05, 3.63) is 14.7 Å². The smallest absolute Gasteiger partial charge is 0.345 e. The molecule has 1 saturated heterocycles. The van der Waals surface area contributed by atoms with Gasteiger partial charge >= 0.3 is 5.97 Å². The SMILES string of the molecule is O=C(O)c1cc(S(=O)(=O)NC2CCCS(=O)(=O)C2)c(Br)s1. The van der Waals surface area contributed by atoms with Crippen molar-refractivity contribution in [3.8, 4) is 0 Å². The summed E-state index contributed by atoms with van der Waals surface area (Å²) in [6.07, 6.45) is 0.840. The second kappa shape index (κ2) is 5.95. The van der Waals surface area contributed by atoms with Crippen LogP contribution in [-0.4, -0.2) is 45.5 Å². The number of aromatic carboxylic acids is 1. The Bertz CT molecular complexity index is 767. The summed E-state index contributed by atoms with van der Waals surface area (Å²) in [5.41, 5.74) is 0. The number of carboxylic acids is 1. The highest BCUT2D eigenvalue weighted by molar-refractivity contribution is 9.11. The number of rotatable bonds is 4. The first kappa shape index (κ1) is 16.9. The molecule has 1 aliphatic heterocycles. The third-order valence-electron chi connectivity index (χ3n) is 2.94. The van der Waals surface area contributed by atoms with Gasteiger partial charge < -0.3 is 5.11 Å². The molecule has 1 unspecified atom stereocenters. The van der Waals surface area contributed by atoms with Crippen LogP contribution in [0.2, 0.25) is 0 Å². The van der Waals surface area contributed by atoms with Crippen molar-refractivity contribution >= 4 is 53.1 Å². The molecule has 1 aromatic heterocycles. The molecule has 11 heteroatoms. The Kier molecular flexibility index (Phi) is 4.78. The molecule has 1 aromatic rings. The third kappa shape index (κ3) is 4.03. The molecular weight excluding hydrogens is 406 g/mol. The maximum Gasteiger partial charge on any atom is 0.345 e. The first-order valence-electron chi connectivity index (χ1n) is 5.86. The highest BCUT2D eigenvalue weighted by atomic mass is 79.9. The van der Waals surface area contributed by atoms with E-state index in [9.17, 15) is 21.6 Å². The van der Waals surface area contributed by atoms with Crippen LogP contribution >= 0.6 is 27.3 Å². The summed E-state index contributed by atoms with van der Waals surface area (Å²) >= 11 is 3.82. The van der Waals surface area contributed by atoms with E-state index in [4.69, 9.17) is 5.11 Å². The van der Waals surface area contributed by atoms with Gasteiger partial charge in [0.2, 0.25) is 10.0 Å². The number of nitrogens with one attached hydrogen (secondary N) is 1. The van der Waals surface area contributed by atoms with Crippen LogP contribution in [0.3, 0.4) is 0 Å². The number of hydrogen-bond acceptors (Lipinski definition) is 6. The molecule has 2 heterocycles. The minimum atomic E-state index is -3.97. The predicted octanol–water partition coefficient (Wildman–Crippen LogP) is 1.06. The molecule has 21 heavy (non-hydrogen) atoms. The molecule has 1 atom stereocenters. The second-order valence-corrected chi connectivity index (χ2v) is 10.9. The highest BCUT2D eigenvalue weighted by Crippen LogP contribution is 2.32. The zero-order valence-corrected chi connectivity index (χ0v) is 14.6. The molecule has 0 aromatic carbocycles. The van der Waals surface area contributed by atoms with Crippen LogP contribution in [0.4, 0.5) is 0 Å². The van der Waals surface area contributed by atoms with Gasteiger partial charge in [0.25, 0.3) is 0 Å². The number of hydrogen-bond donors (Lipinski definition) is 2. The first-order chi connectivity index (χ1) is 9.61. The lowest BCUT2D eigenvalue weighted by Gasteiger charge is -2.22. The van der Waals surface area contributed by atoms with Crippen LogP contribution in [0.15, 0.2) is 14.7 Å². The fraction of sp³-hybridized carbons (Fsp3) is 0.500. The summed E-state index contributed by atoms with van der Waals surface area (Å²) in [4.78, 5) is 10.6. The molecule has 0 radical (unpaired) electrons. The van der Waals surface area contributed by atoms with E-state index in [1.807, 2.05) is 0 Å². The average molecular weight is 418 g/mol. The summed E-state index contributed by atoms with van der Waals surface area (Å²) in [6, 6.07) is 0.366. The van der Waals surface area contributed by atoms with Gasteiger partial charge in [-0.15, -0.1) is 11.3 Å². The summed E-state index contributed by atoms with van der Waals surface area (Å²) in [6.45, 7) is 0. The summed E-state index contributed by atoms with van der Waals surface area (Å²) in [5.74, 6) is -1.39. The Morgan fingerprint density at radius 1 is 1.48 bits per heavy atom. The Labute approximate surface area is 134 Å². The van der Waals surface area contributed by atoms with Gasteiger partial charge in [0.05, 0.1) is 15.3 Å². The Morgan fingerprint density at radius 2 is 2.14 bits per heavy atom. The van der Waals surface area contributed by atoms with E-state index in [2.05, 4.69) is 20.7 Å². The zero-order valence-electron chi connectivity index (χ0n) is 10.6. The van der Waals surface area contributed by atoms with Crippen LogP contribution in [0, 0.1) is 0 Å². The second-order valence-electron chi connectivity index (χ2n) is 4.63. The minimum Gasteiger partial charge on any atom is -0.477 e. The molecule has 1 fully saturated rings. The molecule has 0 saturated carbocycles. The van der Waals surface area contributed by atoms with Crippen molar-refractivity contribution in [1.82, 2.24) is 4.72 Å². The molecule has 1 aliphatic rings. The molecule has 0 aliphatic carbocycles. The maximum absolute atomic E-state index is 12.2. The summed E-state index contributed by atoms with van der Waals surface area (Å²) < 4.78 is 50.0. The van der Waals surface area contributed by atoms with Crippen LogP contribution < -0.4 is 4.72 Å². The third-order valence-corrected chi connectivity index (χ3v) is 8.52. The number of carboxylic acid groups (broad SMARTS) is 1. The van der Waals surface area contributed by atoms with Crippen LogP contribution in [0.25, 0.3) is 0 Å². The van der Waals surface area contributed by atoms with Crippen molar-refractivity contribution in [1.29, 1.82) is 0 Å². The normalized spacial score (nSPS) is 22.0. The van der Waals surface area contributed by atoms with Gasteiger partial charge in [0.1, 0.15) is 9.77 Å². The highest BCUT2D eigenvalue weighted by Gasteiger charge is 2.30. The van der Waals surface area contributed by atoms with Crippen molar-refractivity contribution < 1.29 is 26.7 Å². The lowest BCUT2D eigenvalue weighted by atomic mass is 10.2. The van der Waals surface area contributed by atoms with E-state index in [0.29, 0.717) is 12.8 Å². The standard InChI is InChI=1S/C10H12BrNO6S3/c11-9-8(4-7(19-9)10(13)14)21(17,18)12-6-2-1-3-20(15,16)5-6/h4,6,12H,1-3,5H2,(H,13,14). The Balaban J connectivity index is 2.24. The molecule has 2 rings (SSSR count). The lowest BCUT2D eigenvalue weighted by Crippen LogP contribution is -2.43. The number of sulfonamides is 1. The quantitative estimate of drug-likeness (QED) is 0.755. The molecule has 118 valence electrons. The van der Waals surface area contributed by atoms with Crippen molar-refractivity contribution in [2.75, 3.05) is 11.5 Å². The Hall–Kier alpha value is -0.490. The summed E-state index contributed by atoms with van der Waals surface area (Å²) in [5, 5.41) is 8.87. The van der Waals surface area contributed by atoms with Crippen LogP contribution in [0.1, 0.15) is 22.5 Å². The van der Waals surface area contributed by atoms with Crippen LogP contribution in [0.5, 0.6) is 0 Å². The predicted molar refractivity (Wildman–Crippen MR) is 81.0 cm³/mol. The van der Waals surface area contributed by atoms with E-state index in [1.165, 1.54) is 0 Å². The van der Waals surface area contributed by atoms with E-state index in [1.54, 1.807) is 0 Å². The van der Waals surface area contributed by atoms with Gasteiger partial charge in [-0.1, -0.05) is 0 Å². The molecule has 7 nitrogen and oxygen atoms in total. The van der Waals surface area contributed by atoms with E-state index < -0.39 is 31.9 Å². The average Bonchev–Trinajstić information content (AvgIpc) is 2.70. The van der Waals surface area contributed by atoms with Crippen molar-refractivity contribution in [3.63, 3.8) is 0 Å². The largest absolute Gasteiger partial charge is 0.477 e. The monoisotopic (exact) mass is 417 g/mol. The fourth-order valence-electron chi connectivity index (χ4n) is 2.04. The Morgan fingerprint density at radius 3 is 2.67 bits per heavy atom. The molecule has 0 amide bonds. The number of halogens is 1. The molecule has 0 bridgehead atoms. The molecular formula is C10H12BrNO6S3. The van der Waals surface area contributed by atoms with Crippen molar-refractivity contribution in [2.24, 2.45) is 0 Å². The van der Waals surface area contributed by atoms with Crippen LogP contribution in [-0.2, 0) is 19.9 Å². The van der Waals surface area contributed by atoms with Gasteiger partial charge in [0, 0.05) is 6.04 Å². The van der Waals surface area contributed by atoms with Gasteiger partial charge in [-0.25, -0.2) is 26.4 Å². The fourth-order valence-corrected chi connectivity index (χ4v) is 7.45. The van der Waals surface area contributed by atoms with E-state index in [-0.39, 0.29) is 25.1 Å². The minimum absolute atomic E-state index is 0.0660. The van der Waals surface area contributed by atoms with Gasteiger partial charge in [-0.2, -0.15) is 0 Å². The van der Waals surface area contributed by atoms with Gasteiger partial charge in [-0.05, 0) is 34.8 Å². The number of thiophene rings is 1. The topological polar surface area (TPSA) is 118 Å². The summed E-state index contributed by atoms with van der Waals surface area (Å²) in [7, 11) is -7.20. The molecule has 0 spiro atoms. The first-order valence-corrected chi connectivity index (χ1v) is 10.8. The van der Waals surface area contributed by atoms with E-state index >= 15 is 0 Å². The number of carbonyl (C=O) groups is 1. The zero-order chi connectivity index (χ0) is 15.8. The van der Waals surface area contributed by atoms with Gasteiger partial charge in [0.15, 0.2) is 9.84 Å². The van der Waals surface area contributed by atoms with Crippen molar-refractivity contribution in [2.45, 2.75) is 23.8 Å². The molecule has 2 N–H and O–H groups in total. The maximum atomic E-state index is 12.2. The van der Waals surface area contributed by atoms with E-state index in [0.717, 1.165) is 17.4 Å². The van der Waals surface area contributed by atoms with Gasteiger partial charge in [-0.3, -0.25) is 0 Å². The number of sulfone groups is 1.